The molecule has 0 fully saturated rings. The van der Waals surface area contributed by atoms with Gasteiger partial charge >= 0.3 is 6.01 Å². The molecule has 3 aromatic rings. The summed E-state index contributed by atoms with van der Waals surface area (Å²) in [4.78, 5) is 19.0. The molecule has 0 unspecified atom stereocenters. The van der Waals surface area contributed by atoms with Crippen molar-refractivity contribution < 1.29 is 9.53 Å². The van der Waals surface area contributed by atoms with Crippen LogP contribution in [0.25, 0.3) is 10.9 Å². The maximum absolute atomic E-state index is 12.0. The van der Waals surface area contributed by atoms with Gasteiger partial charge in [-0.25, -0.2) is 5.10 Å². The van der Waals surface area contributed by atoms with Crippen molar-refractivity contribution in [1.82, 2.24) is 20.2 Å². The molecule has 0 radical (unpaired) electrons. The second-order valence-corrected chi connectivity index (χ2v) is 4.26. The molecule has 0 saturated heterocycles. The van der Waals surface area contributed by atoms with E-state index in [1.165, 1.54) is 7.11 Å². The Balaban J connectivity index is 1.72. The highest BCUT2D eigenvalue weighted by Crippen LogP contribution is 2.18. The average Bonchev–Trinajstić information content (AvgIpc) is 3.06. The number of anilines is 1. The number of benzene rings is 1. The number of ether oxygens (including phenoxy) is 1. The summed E-state index contributed by atoms with van der Waals surface area (Å²) >= 11 is 0. The molecule has 0 atom stereocenters. The number of carbonyl (C=O) groups is 1. The minimum Gasteiger partial charge on any atom is -0.466 e. The van der Waals surface area contributed by atoms with Crippen molar-refractivity contribution in [2.24, 2.45) is 0 Å². The number of H-pyrrole nitrogens is 2. The van der Waals surface area contributed by atoms with Gasteiger partial charge in [0.1, 0.15) is 0 Å². The van der Waals surface area contributed by atoms with E-state index in [-0.39, 0.29) is 24.3 Å². The summed E-state index contributed by atoms with van der Waals surface area (Å²) in [7, 11) is 1.46. The number of amides is 1. The highest BCUT2D eigenvalue weighted by atomic mass is 16.5. The maximum Gasteiger partial charge on any atom is 0.336 e. The number of nitrogens with zero attached hydrogens (tertiary/aromatic N) is 2. The number of nitrogens with one attached hydrogen (secondary N) is 3. The van der Waals surface area contributed by atoms with Crippen molar-refractivity contribution in [3.8, 4) is 6.01 Å². The first-order valence-corrected chi connectivity index (χ1v) is 6.07. The first-order valence-electron chi connectivity index (χ1n) is 6.07. The van der Waals surface area contributed by atoms with Crippen LogP contribution in [0.3, 0.4) is 0 Å². The summed E-state index contributed by atoms with van der Waals surface area (Å²) in [6.07, 6.45) is 2.10. The highest BCUT2D eigenvalue weighted by molar-refractivity contribution is 5.94. The lowest BCUT2D eigenvalue weighted by Gasteiger charge is -2.00. The van der Waals surface area contributed by atoms with Crippen LogP contribution in [0.15, 0.2) is 30.5 Å². The number of hydrogen-bond donors (Lipinski definition) is 3. The van der Waals surface area contributed by atoms with E-state index < -0.39 is 0 Å². The molecule has 1 amide bonds. The summed E-state index contributed by atoms with van der Waals surface area (Å²) in [5, 5.41) is 10.0. The summed E-state index contributed by atoms with van der Waals surface area (Å²) in [6.45, 7) is 0. The minimum absolute atomic E-state index is 0.173. The molecule has 0 bridgehead atoms. The lowest BCUT2D eigenvalue weighted by atomic mass is 10.1. The van der Waals surface area contributed by atoms with Crippen LogP contribution >= 0.6 is 0 Å². The molecule has 0 aliphatic heterocycles. The Kier molecular flexibility index (Phi) is 3.08. The van der Waals surface area contributed by atoms with Gasteiger partial charge in [0.05, 0.1) is 13.5 Å². The topological polar surface area (TPSA) is 95.7 Å². The Hall–Kier alpha value is -2.83. The van der Waals surface area contributed by atoms with Crippen LogP contribution < -0.4 is 10.1 Å². The molecule has 1 aromatic carbocycles. The lowest BCUT2D eigenvalue weighted by molar-refractivity contribution is -0.115. The fourth-order valence-electron chi connectivity index (χ4n) is 2.02. The Morgan fingerprint density at radius 3 is 3.05 bits per heavy atom. The number of aromatic nitrogens is 4. The quantitative estimate of drug-likeness (QED) is 0.669. The van der Waals surface area contributed by atoms with E-state index in [1.54, 1.807) is 0 Å². The van der Waals surface area contributed by atoms with E-state index in [4.69, 9.17) is 4.74 Å². The smallest absolute Gasteiger partial charge is 0.336 e. The molecule has 3 N–H and O–H groups in total. The predicted molar refractivity (Wildman–Crippen MR) is 73.6 cm³/mol. The standard InChI is InChI=1S/C13H13N5O2/c1-20-13-16-12(17-18-13)15-11(19)6-8-7-14-10-5-3-2-4-9(8)10/h2-5,7,14H,6H2,1H3,(H2,15,16,17,18,19). The average molecular weight is 271 g/mol. The molecule has 7 nitrogen and oxygen atoms in total. The van der Waals surface area contributed by atoms with Crippen LogP contribution in [0.4, 0.5) is 5.95 Å². The van der Waals surface area contributed by atoms with Crippen molar-refractivity contribution in [2.75, 3.05) is 12.4 Å². The van der Waals surface area contributed by atoms with Crippen LogP contribution in [-0.2, 0) is 11.2 Å². The molecule has 20 heavy (non-hydrogen) atoms. The normalized spacial score (nSPS) is 10.7. The molecule has 2 heterocycles. The van der Waals surface area contributed by atoms with E-state index >= 15 is 0 Å². The minimum atomic E-state index is -0.173. The van der Waals surface area contributed by atoms with Gasteiger partial charge in [0.2, 0.25) is 11.9 Å². The van der Waals surface area contributed by atoms with Crippen LogP contribution in [0.5, 0.6) is 6.01 Å². The van der Waals surface area contributed by atoms with Gasteiger partial charge in [-0.2, -0.15) is 4.98 Å². The van der Waals surface area contributed by atoms with Gasteiger partial charge < -0.3 is 9.72 Å². The molecule has 3 rings (SSSR count). The molecule has 0 aliphatic rings. The van der Waals surface area contributed by atoms with Crippen molar-refractivity contribution in [2.45, 2.75) is 6.42 Å². The second kappa shape index (κ2) is 5.04. The van der Waals surface area contributed by atoms with Gasteiger partial charge in [-0.05, 0) is 11.6 Å². The molecule has 0 aliphatic carbocycles. The van der Waals surface area contributed by atoms with Crippen LogP contribution in [0.2, 0.25) is 0 Å². The Labute approximate surface area is 114 Å². The van der Waals surface area contributed by atoms with Crippen molar-refractivity contribution in [3.05, 3.63) is 36.0 Å². The third-order valence-corrected chi connectivity index (χ3v) is 2.93. The van der Waals surface area contributed by atoms with Gasteiger partial charge in [-0.3, -0.25) is 10.1 Å². The highest BCUT2D eigenvalue weighted by Gasteiger charge is 2.11. The molecular weight excluding hydrogens is 258 g/mol. The van der Waals surface area contributed by atoms with Crippen molar-refractivity contribution in [3.63, 3.8) is 0 Å². The lowest BCUT2D eigenvalue weighted by Crippen LogP contribution is -2.15. The number of rotatable bonds is 4. The fourth-order valence-corrected chi connectivity index (χ4v) is 2.02. The number of para-hydroxylation sites is 1. The SMILES string of the molecule is COc1n[nH]c(NC(=O)Cc2c[nH]c3ccccc23)n1. The largest absolute Gasteiger partial charge is 0.466 e. The summed E-state index contributed by atoms with van der Waals surface area (Å²) in [5.41, 5.74) is 1.95. The third kappa shape index (κ3) is 2.33. The first-order chi connectivity index (χ1) is 9.76. The molecular formula is C13H13N5O2. The summed E-state index contributed by atoms with van der Waals surface area (Å²) in [5.74, 6) is 0.0975. The molecule has 2 aromatic heterocycles. The zero-order chi connectivity index (χ0) is 13.9. The van der Waals surface area contributed by atoms with E-state index in [1.807, 2.05) is 30.5 Å². The predicted octanol–water partition coefficient (Wildman–Crippen LogP) is 1.48. The second-order valence-electron chi connectivity index (χ2n) is 4.26. The van der Waals surface area contributed by atoms with Crippen LogP contribution in [-0.4, -0.2) is 33.2 Å². The first kappa shape index (κ1) is 12.2. The van der Waals surface area contributed by atoms with E-state index in [2.05, 4.69) is 25.5 Å². The van der Waals surface area contributed by atoms with E-state index in [9.17, 15) is 4.79 Å². The van der Waals surface area contributed by atoms with Crippen molar-refractivity contribution >= 4 is 22.8 Å². The summed E-state index contributed by atoms with van der Waals surface area (Å²) < 4.78 is 4.83. The molecule has 0 saturated carbocycles. The monoisotopic (exact) mass is 271 g/mol. The zero-order valence-electron chi connectivity index (χ0n) is 10.8. The number of carbonyl (C=O) groups excluding carboxylic acids is 1. The van der Waals surface area contributed by atoms with E-state index in [0.717, 1.165) is 16.5 Å². The Morgan fingerprint density at radius 1 is 1.40 bits per heavy atom. The van der Waals surface area contributed by atoms with Crippen LogP contribution in [0, 0.1) is 0 Å². The Morgan fingerprint density at radius 2 is 2.25 bits per heavy atom. The third-order valence-electron chi connectivity index (χ3n) is 2.93. The van der Waals surface area contributed by atoms with E-state index in [0.29, 0.717) is 0 Å². The van der Waals surface area contributed by atoms with Gasteiger partial charge in [0.25, 0.3) is 0 Å². The van der Waals surface area contributed by atoms with Gasteiger partial charge in [-0.1, -0.05) is 18.2 Å². The Bertz CT molecular complexity index is 746. The van der Waals surface area contributed by atoms with Crippen LogP contribution in [0.1, 0.15) is 5.56 Å². The van der Waals surface area contributed by atoms with Gasteiger partial charge in [0, 0.05) is 17.1 Å². The molecule has 102 valence electrons. The fraction of sp³-hybridized carbons (Fsp3) is 0.154. The number of methoxy groups -OCH3 is 1. The van der Waals surface area contributed by atoms with Gasteiger partial charge in [0.15, 0.2) is 0 Å². The zero-order valence-corrected chi connectivity index (χ0v) is 10.8. The number of fused-ring (bicyclic) bond motifs is 1. The maximum atomic E-state index is 12.0. The number of hydrogen-bond acceptors (Lipinski definition) is 4. The van der Waals surface area contributed by atoms with Crippen molar-refractivity contribution in [1.29, 1.82) is 0 Å². The molecule has 7 heteroatoms. The molecule has 0 spiro atoms. The number of aromatic amines is 2. The summed E-state index contributed by atoms with van der Waals surface area (Å²) in [6, 6.07) is 8.03. The van der Waals surface area contributed by atoms with Gasteiger partial charge in [-0.15, -0.1) is 5.10 Å².